The number of nitrogens with one attached hydrogen (secondary N) is 1. The van der Waals surface area contributed by atoms with Crippen LogP contribution in [0.4, 0.5) is 5.69 Å². The van der Waals surface area contributed by atoms with Crippen LogP contribution in [-0.2, 0) is 4.79 Å². The molecule has 94 valence electrons. The van der Waals surface area contributed by atoms with E-state index in [1.54, 1.807) is 0 Å². The van der Waals surface area contributed by atoms with Gasteiger partial charge in [-0.2, -0.15) is 0 Å². The quantitative estimate of drug-likeness (QED) is 0.566. The summed E-state index contributed by atoms with van der Waals surface area (Å²) in [7, 11) is 0. The van der Waals surface area contributed by atoms with Crippen molar-refractivity contribution in [3.05, 3.63) is 26.8 Å². The molecule has 0 unspecified atom stereocenters. The summed E-state index contributed by atoms with van der Waals surface area (Å²) in [6.07, 6.45) is 2.86. The summed E-state index contributed by atoms with van der Waals surface area (Å²) in [5.74, 6) is -0.723. The molecule has 0 amide bonds. The molecule has 0 aliphatic rings. The number of hydrogen-bond donors (Lipinski definition) is 2. The number of aliphatic carboxylic acids is 1. The van der Waals surface area contributed by atoms with E-state index in [2.05, 4.69) is 27.9 Å². The molecule has 0 aliphatic carbocycles. The second-order valence-electron chi connectivity index (χ2n) is 3.76. The van der Waals surface area contributed by atoms with E-state index in [0.717, 1.165) is 40.1 Å². The van der Waals surface area contributed by atoms with Crippen molar-refractivity contribution < 1.29 is 9.90 Å². The molecule has 0 fully saturated rings. The SMILES string of the molecule is O=C(O)CCCCCNc1ccc(I)cc1Cl. The number of unbranched alkanes of at least 4 members (excludes halogenated alkanes) is 2. The van der Waals surface area contributed by atoms with Crippen LogP contribution < -0.4 is 5.32 Å². The summed E-state index contributed by atoms with van der Waals surface area (Å²) < 4.78 is 1.11. The first-order valence-electron chi connectivity index (χ1n) is 5.50. The Bertz CT molecular complexity index is 385. The van der Waals surface area contributed by atoms with Crippen molar-refractivity contribution in [2.24, 2.45) is 0 Å². The van der Waals surface area contributed by atoms with Gasteiger partial charge in [-0.25, -0.2) is 0 Å². The second-order valence-corrected chi connectivity index (χ2v) is 5.41. The maximum Gasteiger partial charge on any atom is 0.303 e. The van der Waals surface area contributed by atoms with Crippen LogP contribution in [0.25, 0.3) is 0 Å². The van der Waals surface area contributed by atoms with Gasteiger partial charge in [0.05, 0.1) is 10.7 Å². The molecule has 0 radical (unpaired) electrons. The zero-order chi connectivity index (χ0) is 12.7. The molecule has 0 bridgehead atoms. The minimum Gasteiger partial charge on any atom is -0.481 e. The molecule has 1 aromatic carbocycles. The highest BCUT2D eigenvalue weighted by atomic mass is 127. The number of halogens is 2. The third kappa shape index (κ3) is 6.12. The van der Waals surface area contributed by atoms with Crippen LogP contribution in [-0.4, -0.2) is 17.6 Å². The van der Waals surface area contributed by atoms with Crippen molar-refractivity contribution in [3.63, 3.8) is 0 Å². The van der Waals surface area contributed by atoms with Crippen molar-refractivity contribution >= 4 is 45.8 Å². The van der Waals surface area contributed by atoms with Gasteiger partial charge in [0.2, 0.25) is 0 Å². The predicted octanol–water partition coefficient (Wildman–Crippen LogP) is 4.00. The Balaban J connectivity index is 2.20. The average Bonchev–Trinajstić information content (AvgIpc) is 2.25. The van der Waals surface area contributed by atoms with Crippen LogP contribution in [0.3, 0.4) is 0 Å². The molecule has 1 rings (SSSR count). The van der Waals surface area contributed by atoms with E-state index < -0.39 is 5.97 Å². The Hall–Kier alpha value is -0.490. The highest BCUT2D eigenvalue weighted by molar-refractivity contribution is 14.1. The van der Waals surface area contributed by atoms with Gasteiger partial charge in [-0.3, -0.25) is 4.79 Å². The van der Waals surface area contributed by atoms with Gasteiger partial charge in [0.25, 0.3) is 0 Å². The molecule has 2 N–H and O–H groups in total. The summed E-state index contributed by atoms with van der Waals surface area (Å²) in [5, 5.41) is 12.4. The van der Waals surface area contributed by atoms with Crippen molar-refractivity contribution in [2.45, 2.75) is 25.7 Å². The minimum atomic E-state index is -0.723. The number of carboxylic acid groups (broad SMARTS) is 1. The normalized spacial score (nSPS) is 10.2. The number of rotatable bonds is 7. The van der Waals surface area contributed by atoms with Crippen molar-refractivity contribution in [3.8, 4) is 0 Å². The van der Waals surface area contributed by atoms with Gasteiger partial charge >= 0.3 is 5.97 Å². The molecule has 1 aromatic rings. The summed E-state index contributed by atoms with van der Waals surface area (Å²) in [6, 6.07) is 5.87. The van der Waals surface area contributed by atoms with E-state index in [4.69, 9.17) is 16.7 Å². The zero-order valence-electron chi connectivity index (χ0n) is 9.38. The van der Waals surface area contributed by atoms with Crippen LogP contribution in [0.5, 0.6) is 0 Å². The first-order valence-corrected chi connectivity index (χ1v) is 6.96. The molecular formula is C12H15ClINO2. The fourth-order valence-corrected chi connectivity index (χ4v) is 2.36. The van der Waals surface area contributed by atoms with E-state index in [1.807, 2.05) is 18.2 Å². The molecular weight excluding hydrogens is 352 g/mol. The van der Waals surface area contributed by atoms with Crippen molar-refractivity contribution in [2.75, 3.05) is 11.9 Å². The van der Waals surface area contributed by atoms with E-state index >= 15 is 0 Å². The fourth-order valence-electron chi connectivity index (χ4n) is 1.43. The van der Waals surface area contributed by atoms with Gasteiger partial charge in [0.15, 0.2) is 0 Å². The third-order valence-electron chi connectivity index (χ3n) is 2.31. The summed E-state index contributed by atoms with van der Waals surface area (Å²) in [6.45, 7) is 0.819. The zero-order valence-corrected chi connectivity index (χ0v) is 12.3. The highest BCUT2D eigenvalue weighted by Crippen LogP contribution is 2.23. The number of hydrogen-bond acceptors (Lipinski definition) is 2. The van der Waals surface area contributed by atoms with Crippen molar-refractivity contribution in [1.29, 1.82) is 0 Å². The molecule has 0 saturated carbocycles. The summed E-state index contributed by atoms with van der Waals surface area (Å²) in [5.41, 5.74) is 0.935. The molecule has 0 aromatic heterocycles. The largest absolute Gasteiger partial charge is 0.481 e. The molecule has 0 spiro atoms. The van der Waals surface area contributed by atoms with Crippen LogP contribution in [0.15, 0.2) is 18.2 Å². The Morgan fingerprint density at radius 2 is 2.12 bits per heavy atom. The standard InChI is InChI=1S/C12H15ClINO2/c13-10-8-9(14)5-6-11(10)15-7-3-1-2-4-12(16)17/h5-6,8,15H,1-4,7H2,(H,16,17). The molecule has 0 aliphatic heterocycles. The fraction of sp³-hybridized carbons (Fsp3) is 0.417. The number of benzene rings is 1. The van der Waals surface area contributed by atoms with E-state index in [0.29, 0.717) is 0 Å². The average molecular weight is 368 g/mol. The topological polar surface area (TPSA) is 49.3 Å². The lowest BCUT2D eigenvalue weighted by molar-refractivity contribution is -0.137. The third-order valence-corrected chi connectivity index (χ3v) is 3.30. The number of anilines is 1. The van der Waals surface area contributed by atoms with E-state index in [-0.39, 0.29) is 6.42 Å². The smallest absolute Gasteiger partial charge is 0.303 e. The summed E-state index contributed by atoms with van der Waals surface area (Å²) in [4.78, 5) is 10.3. The summed E-state index contributed by atoms with van der Waals surface area (Å²) >= 11 is 8.28. The monoisotopic (exact) mass is 367 g/mol. The lowest BCUT2D eigenvalue weighted by Gasteiger charge is -2.08. The van der Waals surface area contributed by atoms with Crippen molar-refractivity contribution in [1.82, 2.24) is 0 Å². The van der Waals surface area contributed by atoms with Crippen LogP contribution in [0.2, 0.25) is 5.02 Å². The Labute approximate surface area is 120 Å². The number of carbonyl (C=O) groups is 1. The molecule has 0 heterocycles. The lowest BCUT2D eigenvalue weighted by Crippen LogP contribution is -2.02. The van der Waals surface area contributed by atoms with E-state index in [1.165, 1.54) is 0 Å². The maximum atomic E-state index is 10.3. The first-order chi connectivity index (χ1) is 8.09. The van der Waals surface area contributed by atoms with Gasteiger partial charge < -0.3 is 10.4 Å². The molecule has 17 heavy (non-hydrogen) atoms. The van der Waals surface area contributed by atoms with Gasteiger partial charge in [-0.05, 0) is 53.6 Å². The van der Waals surface area contributed by atoms with Gasteiger partial charge in [0.1, 0.15) is 0 Å². The highest BCUT2D eigenvalue weighted by Gasteiger charge is 2.00. The first kappa shape index (κ1) is 14.6. The Morgan fingerprint density at radius 3 is 2.76 bits per heavy atom. The molecule has 0 saturated heterocycles. The van der Waals surface area contributed by atoms with Crippen LogP contribution in [0, 0.1) is 3.57 Å². The van der Waals surface area contributed by atoms with Crippen LogP contribution >= 0.6 is 34.2 Å². The van der Waals surface area contributed by atoms with Crippen LogP contribution in [0.1, 0.15) is 25.7 Å². The molecule has 5 heteroatoms. The minimum absolute atomic E-state index is 0.254. The number of carboxylic acids is 1. The van der Waals surface area contributed by atoms with E-state index in [9.17, 15) is 4.79 Å². The molecule has 0 atom stereocenters. The lowest BCUT2D eigenvalue weighted by atomic mass is 10.2. The second kappa shape index (κ2) is 7.76. The van der Waals surface area contributed by atoms with Gasteiger partial charge in [-0.1, -0.05) is 18.0 Å². The Morgan fingerprint density at radius 1 is 1.35 bits per heavy atom. The molecule has 3 nitrogen and oxygen atoms in total. The predicted molar refractivity (Wildman–Crippen MR) is 78.8 cm³/mol. The van der Waals surface area contributed by atoms with Gasteiger partial charge in [0, 0.05) is 16.5 Å². The Kier molecular flexibility index (Phi) is 6.65. The van der Waals surface area contributed by atoms with Gasteiger partial charge in [-0.15, -0.1) is 0 Å². The maximum absolute atomic E-state index is 10.3.